The Hall–Kier alpha value is -1.11. The number of carbonyl (C=O) groups excluding carboxylic acids is 1. The molecular weight excluding hydrogens is 316 g/mol. The Morgan fingerprint density at radius 2 is 1.70 bits per heavy atom. The van der Waals surface area contributed by atoms with E-state index in [2.05, 4.69) is 4.98 Å². The number of halogens is 1. The Kier molecular flexibility index (Phi) is 4.57. The van der Waals surface area contributed by atoms with Crippen molar-refractivity contribution in [1.29, 1.82) is 0 Å². The highest BCUT2D eigenvalue weighted by molar-refractivity contribution is 6.63. The molecule has 0 atom stereocenters. The molecule has 0 aliphatic carbocycles. The molecule has 2 rings (SSSR count). The van der Waals surface area contributed by atoms with Gasteiger partial charge in [-0.2, -0.15) is 0 Å². The van der Waals surface area contributed by atoms with Gasteiger partial charge in [0, 0.05) is 5.46 Å². The minimum atomic E-state index is -0.702. The second-order valence-electron chi connectivity index (χ2n) is 7.66. The highest BCUT2D eigenvalue weighted by atomic mass is 35.5. The molecule has 0 N–H and O–H groups in total. The summed E-state index contributed by atoms with van der Waals surface area (Å²) in [6, 6.07) is 3.30. The summed E-state index contributed by atoms with van der Waals surface area (Å²) in [7, 11) is -0.702. The molecule has 0 amide bonds. The summed E-state index contributed by atoms with van der Waals surface area (Å²) < 4.78 is 17.4. The van der Waals surface area contributed by atoms with E-state index in [0.717, 1.165) is 0 Å². The minimum absolute atomic E-state index is 0.117. The van der Waals surface area contributed by atoms with E-state index in [1.165, 1.54) is 0 Å². The molecule has 0 spiro atoms. The van der Waals surface area contributed by atoms with Gasteiger partial charge in [0.1, 0.15) is 16.4 Å². The predicted molar refractivity (Wildman–Crippen MR) is 90.1 cm³/mol. The maximum absolute atomic E-state index is 12.5. The van der Waals surface area contributed by atoms with Crippen LogP contribution in [0, 0.1) is 0 Å². The lowest BCUT2D eigenvalue weighted by atomic mass is 9.77. The Labute approximate surface area is 142 Å². The van der Waals surface area contributed by atoms with Gasteiger partial charge in [-0.25, -0.2) is 9.78 Å². The predicted octanol–water partition coefficient (Wildman–Crippen LogP) is 2.99. The number of aromatic nitrogens is 1. The van der Waals surface area contributed by atoms with Gasteiger partial charge in [0.05, 0.1) is 11.2 Å². The normalized spacial score (nSPS) is 19.7. The topological polar surface area (TPSA) is 57.7 Å². The van der Waals surface area contributed by atoms with Gasteiger partial charge < -0.3 is 14.0 Å². The molecule has 0 bridgehead atoms. The van der Waals surface area contributed by atoms with Gasteiger partial charge in [0.2, 0.25) is 0 Å². The van der Waals surface area contributed by atoms with Crippen LogP contribution >= 0.6 is 11.6 Å². The van der Waals surface area contributed by atoms with Crippen molar-refractivity contribution in [2.24, 2.45) is 0 Å². The number of ether oxygens (including phenoxy) is 1. The van der Waals surface area contributed by atoms with Gasteiger partial charge in [0.15, 0.2) is 0 Å². The molecule has 0 aromatic carbocycles. The summed E-state index contributed by atoms with van der Waals surface area (Å²) in [5.41, 5.74) is -1.02. The second-order valence-corrected chi connectivity index (χ2v) is 8.05. The summed E-state index contributed by atoms with van der Waals surface area (Å²) in [5, 5.41) is 0.214. The monoisotopic (exact) mass is 339 g/mol. The van der Waals surface area contributed by atoms with Crippen LogP contribution in [0.2, 0.25) is 5.15 Å². The van der Waals surface area contributed by atoms with E-state index < -0.39 is 29.9 Å². The third kappa shape index (κ3) is 3.87. The van der Waals surface area contributed by atoms with Crippen molar-refractivity contribution in [2.45, 2.75) is 65.3 Å². The number of nitrogens with zero attached hydrogens (tertiary/aromatic N) is 1. The van der Waals surface area contributed by atoms with Gasteiger partial charge in [-0.1, -0.05) is 17.7 Å². The van der Waals surface area contributed by atoms with Crippen molar-refractivity contribution in [3.8, 4) is 0 Å². The van der Waals surface area contributed by atoms with Crippen molar-refractivity contribution >= 4 is 30.2 Å². The average Bonchev–Trinajstić information content (AvgIpc) is 2.56. The first-order valence-corrected chi connectivity index (χ1v) is 7.96. The summed E-state index contributed by atoms with van der Waals surface area (Å²) in [4.78, 5) is 16.6. The molecule has 0 radical (unpaired) electrons. The van der Waals surface area contributed by atoms with E-state index in [4.69, 9.17) is 25.6 Å². The van der Waals surface area contributed by atoms with Crippen molar-refractivity contribution in [3.05, 3.63) is 23.0 Å². The number of pyridine rings is 1. The Bertz CT molecular complexity index is 609. The number of carbonyl (C=O) groups is 1. The lowest BCUT2D eigenvalue weighted by molar-refractivity contribution is 0.00578. The quantitative estimate of drug-likeness (QED) is 0.471. The highest BCUT2D eigenvalue weighted by Gasteiger charge is 2.52. The summed E-state index contributed by atoms with van der Waals surface area (Å²) >= 11 is 5.95. The standard InChI is InChI=1S/C16H23BClNO4/c1-14(2,3)21-13(20)12-10(8-9-11(18)19-12)17-22-15(4,5)16(6,7)23-17/h8-9H,1-7H3. The summed E-state index contributed by atoms with van der Waals surface area (Å²) in [6.07, 6.45) is 0. The Morgan fingerprint density at radius 3 is 2.17 bits per heavy atom. The van der Waals surface area contributed by atoms with Crippen LogP contribution in [-0.2, 0) is 14.0 Å². The Morgan fingerprint density at radius 1 is 1.17 bits per heavy atom. The van der Waals surface area contributed by atoms with Crippen molar-refractivity contribution < 1.29 is 18.8 Å². The molecule has 126 valence electrons. The first kappa shape index (κ1) is 18.2. The molecule has 0 saturated carbocycles. The molecule has 23 heavy (non-hydrogen) atoms. The van der Waals surface area contributed by atoms with Gasteiger partial charge in [-0.3, -0.25) is 0 Å². The van der Waals surface area contributed by atoms with E-state index in [1.54, 1.807) is 32.9 Å². The van der Waals surface area contributed by atoms with Crippen LogP contribution in [0.5, 0.6) is 0 Å². The van der Waals surface area contributed by atoms with Crippen LogP contribution in [0.1, 0.15) is 59.0 Å². The number of hydrogen-bond donors (Lipinski definition) is 0. The van der Waals surface area contributed by atoms with Crippen LogP contribution in [0.3, 0.4) is 0 Å². The zero-order chi connectivity index (χ0) is 17.6. The van der Waals surface area contributed by atoms with Crippen molar-refractivity contribution in [3.63, 3.8) is 0 Å². The highest BCUT2D eigenvalue weighted by Crippen LogP contribution is 2.36. The van der Waals surface area contributed by atoms with E-state index in [1.807, 2.05) is 27.7 Å². The van der Waals surface area contributed by atoms with Crippen LogP contribution < -0.4 is 5.46 Å². The molecule has 7 heteroatoms. The van der Waals surface area contributed by atoms with Crippen LogP contribution in [0.25, 0.3) is 0 Å². The second kappa shape index (κ2) is 5.76. The summed E-state index contributed by atoms with van der Waals surface area (Å²) in [6.45, 7) is 13.2. The van der Waals surface area contributed by atoms with Crippen LogP contribution in [0.15, 0.2) is 12.1 Å². The number of hydrogen-bond acceptors (Lipinski definition) is 5. The Balaban J connectivity index is 2.39. The maximum Gasteiger partial charge on any atom is 0.497 e. The molecule has 2 heterocycles. The van der Waals surface area contributed by atoms with E-state index in [0.29, 0.717) is 5.46 Å². The fraction of sp³-hybridized carbons (Fsp3) is 0.625. The molecule has 1 aliphatic rings. The maximum atomic E-state index is 12.5. The van der Waals surface area contributed by atoms with Crippen molar-refractivity contribution in [1.82, 2.24) is 4.98 Å². The molecule has 1 aromatic heterocycles. The molecule has 1 fully saturated rings. The molecule has 1 aromatic rings. The fourth-order valence-corrected chi connectivity index (χ4v) is 2.24. The smallest absolute Gasteiger partial charge is 0.455 e. The molecule has 5 nitrogen and oxygen atoms in total. The largest absolute Gasteiger partial charge is 0.497 e. The van der Waals surface area contributed by atoms with Crippen LogP contribution in [0.4, 0.5) is 0 Å². The first-order valence-electron chi connectivity index (χ1n) is 7.58. The zero-order valence-corrected chi connectivity index (χ0v) is 15.4. The SMILES string of the molecule is CC(C)(C)OC(=O)c1nc(Cl)ccc1B1OC(C)(C)C(C)(C)O1. The van der Waals surface area contributed by atoms with Crippen LogP contribution in [-0.4, -0.2) is 34.9 Å². The lowest BCUT2D eigenvalue weighted by Crippen LogP contribution is -2.41. The van der Waals surface area contributed by atoms with E-state index in [9.17, 15) is 4.79 Å². The van der Waals surface area contributed by atoms with Gasteiger partial charge in [-0.15, -0.1) is 0 Å². The van der Waals surface area contributed by atoms with Gasteiger partial charge in [0.25, 0.3) is 0 Å². The summed E-state index contributed by atoms with van der Waals surface area (Å²) in [5.74, 6) is -0.551. The molecule has 0 unspecified atom stereocenters. The third-order valence-corrected chi connectivity index (χ3v) is 4.20. The molecular formula is C16H23BClNO4. The number of esters is 1. The molecule has 1 saturated heterocycles. The van der Waals surface area contributed by atoms with Crippen molar-refractivity contribution in [2.75, 3.05) is 0 Å². The molecule has 1 aliphatic heterocycles. The zero-order valence-electron chi connectivity index (χ0n) is 14.7. The average molecular weight is 340 g/mol. The van der Waals surface area contributed by atoms with E-state index in [-0.39, 0.29) is 10.8 Å². The fourth-order valence-electron chi connectivity index (χ4n) is 2.10. The lowest BCUT2D eigenvalue weighted by Gasteiger charge is -2.32. The minimum Gasteiger partial charge on any atom is -0.455 e. The first-order chi connectivity index (χ1) is 10.3. The van der Waals surface area contributed by atoms with Gasteiger partial charge >= 0.3 is 13.1 Å². The number of rotatable bonds is 2. The van der Waals surface area contributed by atoms with E-state index >= 15 is 0 Å². The van der Waals surface area contributed by atoms with Gasteiger partial charge in [-0.05, 0) is 54.5 Å². The third-order valence-electron chi connectivity index (χ3n) is 3.99.